The first-order chi connectivity index (χ1) is 24.8. The molecular weight excluding hydrogens is 796 g/mol. The minimum absolute atomic E-state index is 0. The number of aromatic nitrogens is 2. The van der Waals surface area contributed by atoms with E-state index in [0.717, 1.165) is 39.0 Å². The number of nitrogens with zero attached hydrogens (tertiary/aromatic N) is 4. The maximum Gasteiger partial charge on any atom is 0.135 e. The van der Waals surface area contributed by atoms with Crippen molar-refractivity contribution in [3.63, 3.8) is 0 Å². The second kappa shape index (κ2) is 12.8. The van der Waals surface area contributed by atoms with Gasteiger partial charge < -0.3 is 19.1 Å². The number of benzene rings is 5. The number of hydrogen-bond donors (Lipinski definition) is 0. The summed E-state index contributed by atoms with van der Waals surface area (Å²) in [5.74, 6) is 1.29. The van der Waals surface area contributed by atoms with E-state index in [1.54, 1.807) is 0 Å². The topological polar surface area (TPSA) is 33.5 Å². The van der Waals surface area contributed by atoms with Crippen molar-refractivity contribution >= 4 is 44.6 Å². The van der Waals surface area contributed by atoms with Crippen molar-refractivity contribution in [3.8, 4) is 17.3 Å². The van der Waals surface area contributed by atoms with Crippen LogP contribution in [-0.2, 0) is 31.9 Å². The van der Waals surface area contributed by atoms with Crippen molar-refractivity contribution in [3.05, 3.63) is 151 Å². The molecule has 2 aromatic heterocycles. The summed E-state index contributed by atoms with van der Waals surface area (Å²) in [6.45, 7) is 14.6. The minimum Gasteiger partial charge on any atom is -0.509 e. The van der Waals surface area contributed by atoms with Crippen molar-refractivity contribution in [2.75, 3.05) is 9.80 Å². The zero-order chi connectivity index (χ0) is 36.5. The number of para-hydroxylation sites is 3. The first-order valence-corrected chi connectivity index (χ1v) is 16.6. The third-order valence-corrected chi connectivity index (χ3v) is 8.97. The van der Waals surface area contributed by atoms with Crippen molar-refractivity contribution in [2.24, 2.45) is 0 Å². The summed E-state index contributed by atoms with van der Waals surface area (Å²) in [6, 6.07) is 41.7. The Bertz CT molecular complexity index is 2500. The number of ether oxygens (including phenoxy) is 1. The molecule has 3 heterocycles. The first-order valence-electron chi connectivity index (χ1n) is 18.1. The summed E-state index contributed by atoms with van der Waals surface area (Å²) >= 11 is 0. The van der Waals surface area contributed by atoms with Crippen molar-refractivity contribution in [1.29, 1.82) is 0 Å². The molecule has 8 rings (SSSR count). The second-order valence-electron chi connectivity index (χ2n) is 14.5. The molecular formula is C44H39N4OPt-3. The van der Waals surface area contributed by atoms with E-state index >= 15 is 0 Å². The monoisotopic (exact) mass is 837 g/mol. The van der Waals surface area contributed by atoms with E-state index in [0.29, 0.717) is 28.4 Å². The predicted molar refractivity (Wildman–Crippen MR) is 202 cm³/mol. The van der Waals surface area contributed by atoms with Gasteiger partial charge >= 0.3 is 0 Å². The largest absolute Gasteiger partial charge is 0.509 e. The molecule has 0 N–H and O–H groups in total. The number of hydrogen-bond acceptors (Lipinski definition) is 4. The van der Waals surface area contributed by atoms with Crippen LogP contribution in [0.2, 0.25) is 0 Å². The number of pyridine rings is 1. The number of anilines is 4. The molecule has 0 saturated carbocycles. The van der Waals surface area contributed by atoms with Gasteiger partial charge in [-0.2, -0.15) is 12.1 Å². The Morgan fingerprint density at radius 2 is 1.36 bits per heavy atom. The second-order valence-corrected chi connectivity index (χ2v) is 14.5. The molecule has 6 heteroatoms. The molecule has 0 radical (unpaired) electrons. The Labute approximate surface area is 313 Å². The Hall–Kier alpha value is -4.86. The third kappa shape index (κ3) is 6.09. The molecule has 0 spiro atoms. The van der Waals surface area contributed by atoms with Crippen LogP contribution in [0.3, 0.4) is 0 Å². The summed E-state index contributed by atoms with van der Waals surface area (Å²) in [4.78, 5) is 8.81. The van der Waals surface area contributed by atoms with Crippen molar-refractivity contribution in [1.82, 2.24) is 9.55 Å². The third-order valence-electron chi connectivity index (χ3n) is 8.97. The maximum atomic E-state index is 9.21. The van der Waals surface area contributed by atoms with E-state index in [-0.39, 0.29) is 44.7 Å². The van der Waals surface area contributed by atoms with Gasteiger partial charge in [-0.3, -0.25) is 0 Å². The Kier molecular flexibility index (Phi) is 7.67. The molecule has 254 valence electrons. The van der Waals surface area contributed by atoms with Gasteiger partial charge in [0.25, 0.3) is 0 Å². The number of rotatable bonds is 5. The fourth-order valence-corrected chi connectivity index (χ4v) is 6.33. The van der Waals surface area contributed by atoms with E-state index in [2.05, 4.69) is 96.8 Å². The predicted octanol–water partition coefficient (Wildman–Crippen LogP) is 11.6. The molecule has 1 aliphatic rings. The van der Waals surface area contributed by atoms with Crippen molar-refractivity contribution < 1.29 is 29.9 Å². The maximum absolute atomic E-state index is 9.21. The Morgan fingerprint density at radius 3 is 2.10 bits per heavy atom. The van der Waals surface area contributed by atoms with Gasteiger partial charge in [0.1, 0.15) is 5.82 Å². The summed E-state index contributed by atoms with van der Waals surface area (Å²) < 4.78 is 34.7. The molecule has 5 aromatic carbocycles. The Balaban J connectivity index is 0.00000435. The summed E-state index contributed by atoms with van der Waals surface area (Å²) in [6.07, 6.45) is -0.165. The molecule has 0 bridgehead atoms. The van der Waals surface area contributed by atoms with Gasteiger partial charge in [0.15, 0.2) is 0 Å². The molecule has 7 aromatic rings. The normalized spacial score (nSPS) is 13.9. The van der Waals surface area contributed by atoms with E-state index in [4.69, 9.17) is 7.48 Å². The minimum atomic E-state index is -0.527. The van der Waals surface area contributed by atoms with Crippen LogP contribution in [0.1, 0.15) is 56.8 Å². The molecule has 0 amide bonds. The van der Waals surface area contributed by atoms with E-state index in [1.165, 1.54) is 5.56 Å². The summed E-state index contributed by atoms with van der Waals surface area (Å²) in [5, 5.41) is 1.88. The zero-order valence-electron chi connectivity index (χ0n) is 31.9. The first kappa shape index (κ1) is 30.0. The Morgan fingerprint density at radius 1 is 0.680 bits per heavy atom. The molecule has 5 nitrogen and oxygen atoms in total. The fourth-order valence-electron chi connectivity index (χ4n) is 6.33. The zero-order valence-corrected chi connectivity index (χ0v) is 31.2. The van der Waals surface area contributed by atoms with Gasteiger partial charge in [-0.25, -0.2) is 4.98 Å². The van der Waals surface area contributed by atoms with Crippen LogP contribution in [0.15, 0.2) is 121 Å². The van der Waals surface area contributed by atoms with Crippen LogP contribution < -0.4 is 14.5 Å². The average molecular weight is 838 g/mol. The van der Waals surface area contributed by atoms with Gasteiger partial charge in [0.2, 0.25) is 0 Å². The summed E-state index contributed by atoms with van der Waals surface area (Å²) in [5.41, 5.74) is 6.81. The van der Waals surface area contributed by atoms with Crippen LogP contribution in [0.5, 0.6) is 11.5 Å². The molecule has 0 saturated heterocycles. The average Bonchev–Trinajstić information content (AvgIpc) is 3.65. The smallest absolute Gasteiger partial charge is 0.135 e. The fraction of sp³-hybridized carbons (Fsp3) is 0.182. The van der Waals surface area contributed by atoms with Crippen LogP contribution in [-0.4, -0.2) is 9.55 Å². The standard InChI is InChI=1S/C44H39N4O.Pt/c1-43(2,3)30-18-20-32(21-19-30)46-29-47(40-17-10-9-16-39(40)46)33-12-11-13-34(27-33)49-35-22-23-37-36-14-7-8-15-38(36)48(41(37)28-35)42-26-31(24-25-45-42)44(4,5)6;/h7-26,29H,1-6H3;/q-3;/i24D,25D,26D;. The number of fused-ring (bicyclic) bond motifs is 4. The van der Waals surface area contributed by atoms with Crippen LogP contribution in [0, 0.1) is 18.8 Å². The molecule has 0 aliphatic carbocycles. The molecule has 0 unspecified atom stereocenters. The van der Waals surface area contributed by atoms with Crippen molar-refractivity contribution in [2.45, 2.75) is 52.4 Å². The van der Waals surface area contributed by atoms with Gasteiger partial charge in [0.05, 0.1) is 4.11 Å². The van der Waals surface area contributed by atoms with Crippen LogP contribution >= 0.6 is 0 Å². The SMILES string of the molecule is [2H]c1nc(-n2c3[c-]c(Oc4[c-]c(N5[CH-]N(c6ccc(C(C)(C)C)cc6)c6ccccc65)ccc4)ccc3c3ccccc32)c([2H])c(C(C)(C)C)c1[2H].[Pt]. The quantitative estimate of drug-likeness (QED) is 0.162. The van der Waals surface area contributed by atoms with Crippen LogP contribution in [0.4, 0.5) is 22.7 Å². The van der Waals surface area contributed by atoms with Gasteiger partial charge in [-0.05, 0) is 69.8 Å². The van der Waals surface area contributed by atoms with E-state index in [9.17, 15) is 1.37 Å². The molecule has 1 aliphatic heterocycles. The molecule has 0 atom stereocenters. The van der Waals surface area contributed by atoms with Gasteiger partial charge in [-0.1, -0.05) is 89.5 Å². The molecule has 0 fully saturated rings. The molecule has 50 heavy (non-hydrogen) atoms. The van der Waals surface area contributed by atoms with Gasteiger partial charge in [0, 0.05) is 61.3 Å². The van der Waals surface area contributed by atoms with E-state index < -0.39 is 5.41 Å². The van der Waals surface area contributed by atoms with E-state index in [1.807, 2.05) is 86.0 Å². The van der Waals surface area contributed by atoms with Gasteiger partial charge in [-0.15, -0.1) is 48.1 Å². The summed E-state index contributed by atoms with van der Waals surface area (Å²) in [7, 11) is 0. The van der Waals surface area contributed by atoms with Crippen LogP contribution in [0.25, 0.3) is 27.6 Å².